The largest absolute Gasteiger partial charge is 0.491 e. The van der Waals surface area contributed by atoms with Gasteiger partial charge in [0.1, 0.15) is 12.4 Å². The number of urea groups is 2. The van der Waals surface area contributed by atoms with Crippen molar-refractivity contribution in [3.8, 4) is 5.75 Å². The SMILES string of the molecule is NC(=O)N1C(=O)[C@H]2[C@H](CC=C3[C@H]2C[C@H]2C(=O)N(C(N)=O)C(=O)[C@H]2[C@H]3c2ccc(OCCO)cc2)C1=O. The molecule has 2 saturated heterocycles. The number of rotatable bonds is 4. The lowest BCUT2D eigenvalue weighted by Crippen LogP contribution is -2.44. The van der Waals surface area contributed by atoms with E-state index in [1.807, 2.05) is 0 Å². The number of imide groups is 6. The van der Waals surface area contributed by atoms with E-state index in [0.717, 1.165) is 0 Å². The van der Waals surface area contributed by atoms with Gasteiger partial charge < -0.3 is 21.3 Å². The van der Waals surface area contributed by atoms with Gasteiger partial charge in [-0.1, -0.05) is 23.8 Å². The summed E-state index contributed by atoms with van der Waals surface area (Å²) < 4.78 is 5.41. The van der Waals surface area contributed by atoms with Crippen LogP contribution in [0.3, 0.4) is 0 Å². The lowest BCUT2D eigenvalue weighted by atomic mass is 9.57. The molecular formula is C24H24N4O8. The van der Waals surface area contributed by atoms with Crippen LogP contribution < -0.4 is 16.2 Å². The number of hydrogen-bond acceptors (Lipinski definition) is 8. The van der Waals surface area contributed by atoms with Crippen LogP contribution in [0.5, 0.6) is 5.75 Å². The molecule has 188 valence electrons. The number of primary amides is 2. The molecule has 12 nitrogen and oxygen atoms in total. The van der Waals surface area contributed by atoms with E-state index in [0.29, 0.717) is 26.7 Å². The molecule has 0 unspecified atom stereocenters. The maximum atomic E-state index is 13.3. The van der Waals surface area contributed by atoms with Crippen LogP contribution in [0.1, 0.15) is 24.3 Å². The van der Waals surface area contributed by atoms with Crippen molar-refractivity contribution in [2.45, 2.75) is 18.8 Å². The average Bonchev–Trinajstić information content (AvgIpc) is 3.25. The number of carbonyl (C=O) groups excluding carboxylic acids is 6. The Morgan fingerprint density at radius 1 is 0.861 bits per heavy atom. The zero-order valence-corrected chi connectivity index (χ0v) is 19.0. The Morgan fingerprint density at radius 2 is 1.44 bits per heavy atom. The Balaban J connectivity index is 1.60. The van der Waals surface area contributed by atoms with Crippen LogP contribution in [0, 0.1) is 29.6 Å². The number of nitrogens with zero attached hydrogens (tertiary/aromatic N) is 2. The Kier molecular flexibility index (Phi) is 5.62. The first kappa shape index (κ1) is 23.7. The molecule has 0 spiro atoms. The van der Waals surface area contributed by atoms with Crippen LogP contribution in [0.4, 0.5) is 9.59 Å². The third kappa shape index (κ3) is 3.32. The minimum Gasteiger partial charge on any atom is -0.491 e. The number of aliphatic hydroxyl groups is 1. The monoisotopic (exact) mass is 496 g/mol. The summed E-state index contributed by atoms with van der Waals surface area (Å²) in [4.78, 5) is 77.0. The van der Waals surface area contributed by atoms with Crippen LogP contribution in [0.2, 0.25) is 0 Å². The lowest BCUT2D eigenvalue weighted by molar-refractivity contribution is -0.138. The summed E-state index contributed by atoms with van der Waals surface area (Å²) in [6, 6.07) is 4.41. The van der Waals surface area contributed by atoms with Crippen molar-refractivity contribution in [2.75, 3.05) is 13.2 Å². The van der Waals surface area contributed by atoms with E-state index in [4.69, 9.17) is 21.3 Å². The van der Waals surface area contributed by atoms with E-state index in [9.17, 15) is 28.8 Å². The Hall–Kier alpha value is -4.06. The van der Waals surface area contributed by atoms with Gasteiger partial charge in [0.2, 0.25) is 23.6 Å². The molecule has 0 bridgehead atoms. The number of fused-ring (bicyclic) bond motifs is 4. The number of allylic oxidation sites excluding steroid dienone is 2. The van der Waals surface area contributed by atoms with Crippen molar-refractivity contribution in [1.82, 2.24) is 9.80 Å². The van der Waals surface area contributed by atoms with Gasteiger partial charge in [-0.15, -0.1) is 0 Å². The number of nitrogens with two attached hydrogens (primary N) is 2. The van der Waals surface area contributed by atoms with Gasteiger partial charge in [-0.25, -0.2) is 9.59 Å². The molecular weight excluding hydrogens is 472 g/mol. The van der Waals surface area contributed by atoms with Crippen molar-refractivity contribution < 1.29 is 38.6 Å². The fourth-order valence-corrected chi connectivity index (χ4v) is 6.33. The van der Waals surface area contributed by atoms with Gasteiger partial charge >= 0.3 is 12.1 Å². The van der Waals surface area contributed by atoms with Crippen LogP contribution in [-0.4, -0.2) is 63.8 Å². The molecule has 5 rings (SSSR count). The molecule has 0 radical (unpaired) electrons. The first-order valence-corrected chi connectivity index (χ1v) is 11.5. The van der Waals surface area contributed by atoms with Gasteiger partial charge in [0.15, 0.2) is 0 Å². The number of hydrogen-bond donors (Lipinski definition) is 3. The summed E-state index contributed by atoms with van der Waals surface area (Å²) >= 11 is 0. The molecule has 4 aliphatic rings. The Labute approximate surface area is 204 Å². The van der Waals surface area contributed by atoms with E-state index in [2.05, 4.69) is 0 Å². The summed E-state index contributed by atoms with van der Waals surface area (Å²) in [6.45, 7) is -0.0727. The number of likely N-dealkylation sites (tertiary alicyclic amines) is 2. The second-order valence-corrected chi connectivity index (χ2v) is 9.37. The van der Waals surface area contributed by atoms with Crippen molar-refractivity contribution in [3.05, 3.63) is 41.5 Å². The molecule has 36 heavy (non-hydrogen) atoms. The quantitative estimate of drug-likeness (QED) is 0.379. The van der Waals surface area contributed by atoms with E-state index in [-0.39, 0.29) is 26.1 Å². The van der Waals surface area contributed by atoms with Crippen LogP contribution >= 0.6 is 0 Å². The van der Waals surface area contributed by atoms with Crippen LogP contribution in [0.25, 0.3) is 0 Å². The molecule has 3 fully saturated rings. The first-order chi connectivity index (χ1) is 17.2. The van der Waals surface area contributed by atoms with Crippen molar-refractivity contribution in [2.24, 2.45) is 41.1 Å². The number of aliphatic hydroxyl groups excluding tert-OH is 1. The standard InChI is InChI=1S/C24H24N4O8/c25-23(34)27-19(30)13-6-5-12-14(17(13)21(27)32)9-15-18(22(33)28(20(15)31)24(26)35)16(12)10-1-3-11(4-2-10)36-8-7-29/h1-5,13-18,29H,6-9H2,(H2,25,34)(H2,26,35)/t13-,14+,15+,16-,17-,18+/m0/s1. The molecule has 1 saturated carbocycles. The summed E-state index contributed by atoms with van der Waals surface area (Å²) in [5.41, 5.74) is 12.0. The van der Waals surface area contributed by atoms with Crippen LogP contribution in [0.15, 0.2) is 35.9 Å². The molecule has 5 N–H and O–H groups in total. The van der Waals surface area contributed by atoms with Gasteiger partial charge in [-0.05, 0) is 36.5 Å². The maximum absolute atomic E-state index is 13.3. The normalized spacial score (nSPS) is 31.1. The van der Waals surface area contributed by atoms with Crippen molar-refractivity contribution >= 4 is 35.7 Å². The molecule has 1 aromatic carbocycles. The molecule has 2 aliphatic carbocycles. The number of ether oxygens (including phenoxy) is 1. The van der Waals surface area contributed by atoms with Gasteiger partial charge in [0.05, 0.1) is 30.3 Å². The second kappa shape index (κ2) is 8.55. The van der Waals surface area contributed by atoms with Gasteiger partial charge in [0.25, 0.3) is 0 Å². The molecule has 8 amide bonds. The average molecular weight is 496 g/mol. The highest BCUT2D eigenvalue weighted by Crippen LogP contribution is 2.57. The van der Waals surface area contributed by atoms with E-state index in [1.54, 1.807) is 30.3 Å². The number of carbonyl (C=O) groups is 6. The first-order valence-electron chi connectivity index (χ1n) is 11.5. The zero-order valence-electron chi connectivity index (χ0n) is 19.0. The molecule has 12 heteroatoms. The fraction of sp³-hybridized carbons (Fsp3) is 0.417. The van der Waals surface area contributed by atoms with Gasteiger partial charge in [-0.2, -0.15) is 9.80 Å². The van der Waals surface area contributed by atoms with E-state index < -0.39 is 71.2 Å². The maximum Gasteiger partial charge on any atom is 0.328 e. The van der Waals surface area contributed by atoms with Gasteiger partial charge in [0, 0.05) is 5.92 Å². The fourth-order valence-electron chi connectivity index (χ4n) is 6.33. The summed E-state index contributed by atoms with van der Waals surface area (Å²) in [5.74, 6) is -7.23. The second-order valence-electron chi connectivity index (χ2n) is 9.37. The third-order valence-electron chi connectivity index (χ3n) is 7.69. The van der Waals surface area contributed by atoms with Gasteiger partial charge in [-0.3, -0.25) is 19.2 Å². The lowest BCUT2D eigenvalue weighted by Gasteiger charge is -2.44. The molecule has 2 heterocycles. The number of benzene rings is 1. The molecule has 2 aliphatic heterocycles. The Bertz CT molecular complexity index is 1220. The highest BCUT2D eigenvalue weighted by atomic mass is 16.5. The minimum atomic E-state index is -1.17. The summed E-state index contributed by atoms with van der Waals surface area (Å²) in [5, 5.41) is 8.98. The Morgan fingerprint density at radius 3 is 2.03 bits per heavy atom. The highest BCUT2D eigenvalue weighted by molar-refractivity contribution is 6.18. The summed E-state index contributed by atoms with van der Waals surface area (Å²) in [7, 11) is 0. The molecule has 1 aromatic rings. The predicted octanol–water partition coefficient (Wildman–Crippen LogP) is -0.149. The summed E-state index contributed by atoms with van der Waals surface area (Å²) in [6.07, 6.45) is 2.01. The molecule has 6 atom stereocenters. The smallest absolute Gasteiger partial charge is 0.328 e. The van der Waals surface area contributed by atoms with Crippen molar-refractivity contribution in [3.63, 3.8) is 0 Å². The predicted molar refractivity (Wildman–Crippen MR) is 119 cm³/mol. The van der Waals surface area contributed by atoms with E-state index >= 15 is 0 Å². The third-order valence-corrected chi connectivity index (χ3v) is 7.69. The molecule has 0 aromatic heterocycles. The number of amides is 8. The zero-order chi connectivity index (χ0) is 25.9. The highest BCUT2D eigenvalue weighted by Gasteiger charge is 2.63. The van der Waals surface area contributed by atoms with Crippen LogP contribution in [-0.2, 0) is 19.2 Å². The van der Waals surface area contributed by atoms with E-state index in [1.165, 1.54) is 0 Å². The topological polar surface area (TPSA) is 190 Å². The minimum absolute atomic E-state index is 0.0475. The van der Waals surface area contributed by atoms with Crippen molar-refractivity contribution in [1.29, 1.82) is 0 Å².